The van der Waals surface area contributed by atoms with Crippen LogP contribution < -0.4 is 5.32 Å². The summed E-state index contributed by atoms with van der Waals surface area (Å²) in [5, 5.41) is 4.03. The molecule has 0 radical (unpaired) electrons. The van der Waals surface area contributed by atoms with Crippen LogP contribution in [-0.4, -0.2) is 17.8 Å². The van der Waals surface area contributed by atoms with E-state index in [9.17, 15) is 4.79 Å². The van der Waals surface area contributed by atoms with Gasteiger partial charge in [0.25, 0.3) is 5.91 Å². The van der Waals surface area contributed by atoms with Crippen LogP contribution in [0.4, 0.5) is 0 Å². The van der Waals surface area contributed by atoms with Crippen molar-refractivity contribution < 1.29 is 4.79 Å². The van der Waals surface area contributed by atoms with E-state index in [1.165, 1.54) is 0 Å². The van der Waals surface area contributed by atoms with Crippen molar-refractivity contribution in [3.8, 4) is 0 Å². The van der Waals surface area contributed by atoms with Gasteiger partial charge in [-0.2, -0.15) is 0 Å². The SMILES string of the molecule is Cc1ccc(C(=O)NCC(C)(C)CCCBr)cc1Br. The highest BCUT2D eigenvalue weighted by molar-refractivity contribution is 9.10. The van der Waals surface area contributed by atoms with Crippen LogP contribution in [0.1, 0.15) is 42.6 Å². The van der Waals surface area contributed by atoms with E-state index in [-0.39, 0.29) is 11.3 Å². The largest absolute Gasteiger partial charge is 0.352 e. The lowest BCUT2D eigenvalue weighted by atomic mass is 9.88. The van der Waals surface area contributed by atoms with Crippen molar-refractivity contribution in [2.45, 2.75) is 33.6 Å². The first-order valence-electron chi connectivity index (χ1n) is 6.46. The first kappa shape index (κ1) is 16.7. The maximum Gasteiger partial charge on any atom is 0.251 e. The van der Waals surface area contributed by atoms with Crippen molar-refractivity contribution in [1.82, 2.24) is 5.32 Å². The molecule has 0 fully saturated rings. The molecule has 106 valence electrons. The number of alkyl halides is 1. The third-order valence-electron chi connectivity index (χ3n) is 3.15. The maximum absolute atomic E-state index is 12.1. The van der Waals surface area contributed by atoms with Crippen molar-refractivity contribution in [3.05, 3.63) is 33.8 Å². The monoisotopic (exact) mass is 389 g/mol. The number of aryl methyl sites for hydroxylation is 1. The Bertz CT molecular complexity index is 444. The van der Waals surface area contributed by atoms with Gasteiger partial charge in [-0.3, -0.25) is 4.79 Å². The van der Waals surface area contributed by atoms with E-state index < -0.39 is 0 Å². The molecule has 1 amide bonds. The van der Waals surface area contributed by atoms with Gasteiger partial charge < -0.3 is 5.32 Å². The molecule has 0 spiro atoms. The van der Waals surface area contributed by atoms with Crippen LogP contribution in [0.5, 0.6) is 0 Å². The zero-order chi connectivity index (χ0) is 14.5. The lowest BCUT2D eigenvalue weighted by Crippen LogP contribution is -2.34. The minimum atomic E-state index is -0.00684. The van der Waals surface area contributed by atoms with Gasteiger partial charge in [0, 0.05) is 21.9 Å². The fourth-order valence-electron chi connectivity index (χ4n) is 1.79. The smallest absolute Gasteiger partial charge is 0.251 e. The number of nitrogens with one attached hydrogen (secondary N) is 1. The molecule has 0 unspecified atom stereocenters. The standard InChI is InChI=1S/C15H21Br2NO/c1-11-5-6-12(9-13(11)17)14(19)18-10-15(2,3)7-4-8-16/h5-6,9H,4,7-8,10H2,1-3H3,(H,18,19). The van der Waals surface area contributed by atoms with Gasteiger partial charge in [-0.1, -0.05) is 51.8 Å². The van der Waals surface area contributed by atoms with E-state index in [4.69, 9.17) is 0 Å². The highest BCUT2D eigenvalue weighted by Crippen LogP contribution is 2.22. The van der Waals surface area contributed by atoms with Crippen molar-refractivity contribution >= 4 is 37.8 Å². The molecule has 0 aliphatic carbocycles. The molecule has 0 aromatic heterocycles. The Labute approximate surface area is 132 Å². The summed E-state index contributed by atoms with van der Waals surface area (Å²) in [6, 6.07) is 5.69. The average Bonchev–Trinajstić information content (AvgIpc) is 2.37. The number of carbonyl (C=O) groups is 1. The van der Waals surface area contributed by atoms with Crippen LogP contribution in [0.15, 0.2) is 22.7 Å². The van der Waals surface area contributed by atoms with Gasteiger partial charge in [-0.25, -0.2) is 0 Å². The van der Waals surface area contributed by atoms with E-state index in [1.807, 2.05) is 25.1 Å². The van der Waals surface area contributed by atoms with E-state index in [0.717, 1.165) is 28.2 Å². The summed E-state index contributed by atoms with van der Waals surface area (Å²) in [5.74, 6) is -0.00684. The van der Waals surface area contributed by atoms with Crippen LogP contribution in [-0.2, 0) is 0 Å². The zero-order valence-electron chi connectivity index (χ0n) is 11.7. The molecule has 4 heteroatoms. The number of rotatable bonds is 6. The molecule has 19 heavy (non-hydrogen) atoms. The summed E-state index contributed by atoms with van der Waals surface area (Å²) in [7, 11) is 0. The molecule has 0 bridgehead atoms. The van der Waals surface area contributed by atoms with E-state index in [1.54, 1.807) is 0 Å². The predicted molar refractivity (Wildman–Crippen MR) is 88.0 cm³/mol. The Balaban J connectivity index is 2.57. The summed E-state index contributed by atoms with van der Waals surface area (Å²) in [5.41, 5.74) is 1.97. The van der Waals surface area contributed by atoms with E-state index in [2.05, 4.69) is 51.0 Å². The van der Waals surface area contributed by atoms with Crippen LogP contribution in [0.2, 0.25) is 0 Å². The summed E-state index contributed by atoms with van der Waals surface area (Å²) in [6.07, 6.45) is 2.22. The Hall–Kier alpha value is -0.350. The Morgan fingerprint density at radius 2 is 2.05 bits per heavy atom. The van der Waals surface area contributed by atoms with Crippen LogP contribution in [0.3, 0.4) is 0 Å². The van der Waals surface area contributed by atoms with Gasteiger partial charge in [-0.05, 0) is 42.9 Å². The number of benzene rings is 1. The molecule has 1 aromatic rings. The van der Waals surface area contributed by atoms with Crippen molar-refractivity contribution in [1.29, 1.82) is 0 Å². The fraction of sp³-hybridized carbons (Fsp3) is 0.533. The van der Waals surface area contributed by atoms with Crippen LogP contribution in [0, 0.1) is 12.3 Å². The highest BCUT2D eigenvalue weighted by Gasteiger charge is 2.18. The van der Waals surface area contributed by atoms with Gasteiger partial charge >= 0.3 is 0 Å². The second-order valence-electron chi connectivity index (χ2n) is 5.60. The highest BCUT2D eigenvalue weighted by atomic mass is 79.9. The van der Waals surface area contributed by atoms with E-state index >= 15 is 0 Å². The second kappa shape index (κ2) is 7.44. The average molecular weight is 391 g/mol. The Kier molecular flexibility index (Phi) is 6.54. The lowest BCUT2D eigenvalue weighted by molar-refractivity contribution is 0.0934. The Morgan fingerprint density at radius 3 is 2.63 bits per heavy atom. The summed E-state index contributed by atoms with van der Waals surface area (Å²) in [6.45, 7) is 7.07. The lowest BCUT2D eigenvalue weighted by Gasteiger charge is -2.24. The number of halogens is 2. The minimum Gasteiger partial charge on any atom is -0.352 e. The van der Waals surface area contributed by atoms with Crippen molar-refractivity contribution in [3.63, 3.8) is 0 Å². The van der Waals surface area contributed by atoms with Crippen LogP contribution >= 0.6 is 31.9 Å². The van der Waals surface area contributed by atoms with Crippen molar-refractivity contribution in [2.24, 2.45) is 5.41 Å². The summed E-state index contributed by atoms with van der Waals surface area (Å²) < 4.78 is 0.971. The van der Waals surface area contributed by atoms with Gasteiger partial charge in [0.2, 0.25) is 0 Å². The number of amides is 1. The number of hydrogen-bond acceptors (Lipinski definition) is 1. The number of carbonyl (C=O) groups excluding carboxylic acids is 1. The minimum absolute atomic E-state index is 0.00684. The molecule has 0 atom stereocenters. The summed E-state index contributed by atoms with van der Waals surface area (Å²) in [4.78, 5) is 12.1. The van der Waals surface area contributed by atoms with Gasteiger partial charge in [0.15, 0.2) is 0 Å². The third kappa shape index (κ3) is 5.65. The molecule has 2 nitrogen and oxygen atoms in total. The number of hydrogen-bond donors (Lipinski definition) is 1. The van der Waals surface area contributed by atoms with E-state index in [0.29, 0.717) is 12.1 Å². The molecule has 0 aliphatic heterocycles. The van der Waals surface area contributed by atoms with Gasteiger partial charge in [-0.15, -0.1) is 0 Å². The van der Waals surface area contributed by atoms with Gasteiger partial charge in [0.05, 0.1) is 0 Å². The molecule has 0 heterocycles. The first-order valence-corrected chi connectivity index (χ1v) is 8.37. The molecule has 1 N–H and O–H groups in total. The molecular formula is C15H21Br2NO. The summed E-state index contributed by atoms with van der Waals surface area (Å²) >= 11 is 6.89. The fourth-order valence-corrected chi connectivity index (χ4v) is 2.45. The quantitative estimate of drug-likeness (QED) is 0.701. The molecule has 0 saturated carbocycles. The predicted octanol–water partition coefficient (Wildman–Crippen LogP) is 4.69. The second-order valence-corrected chi connectivity index (χ2v) is 7.25. The molecule has 1 rings (SSSR count). The first-order chi connectivity index (χ1) is 8.85. The van der Waals surface area contributed by atoms with Gasteiger partial charge in [0.1, 0.15) is 0 Å². The van der Waals surface area contributed by atoms with Crippen LogP contribution in [0.25, 0.3) is 0 Å². The van der Waals surface area contributed by atoms with Crippen molar-refractivity contribution in [2.75, 3.05) is 11.9 Å². The topological polar surface area (TPSA) is 29.1 Å². The molecular weight excluding hydrogens is 370 g/mol. The maximum atomic E-state index is 12.1. The molecule has 0 aliphatic rings. The normalized spacial score (nSPS) is 11.4. The third-order valence-corrected chi connectivity index (χ3v) is 4.56. The molecule has 0 saturated heterocycles. The molecule has 1 aromatic carbocycles. The zero-order valence-corrected chi connectivity index (χ0v) is 14.9. The Morgan fingerprint density at radius 1 is 1.37 bits per heavy atom.